The van der Waals surface area contributed by atoms with Crippen LogP contribution >= 0.6 is 0 Å². The summed E-state index contributed by atoms with van der Waals surface area (Å²) in [6.07, 6.45) is 0.795. The molecule has 0 heterocycles. The Balaban J connectivity index is 3.09. The molecule has 0 bridgehead atoms. The van der Waals surface area contributed by atoms with Crippen molar-refractivity contribution in [1.29, 1.82) is 0 Å². The maximum atomic E-state index is 13.1. The first-order chi connectivity index (χ1) is 16.9. The molecule has 0 aromatic heterocycles. The molecule has 1 aromatic carbocycles. The molecule has 0 aliphatic carbocycles. The predicted molar refractivity (Wildman–Crippen MR) is 139 cm³/mol. The fraction of sp³-hybridized carbons (Fsp3) is 0.571. The van der Waals surface area contributed by atoms with Gasteiger partial charge in [-0.1, -0.05) is 36.4 Å². The van der Waals surface area contributed by atoms with Gasteiger partial charge in [-0.25, -0.2) is 19.2 Å². The van der Waals surface area contributed by atoms with Crippen LogP contribution in [0.25, 0.3) is 0 Å². The molecule has 2 amide bonds. The molecule has 9 nitrogen and oxygen atoms in total. The van der Waals surface area contributed by atoms with Gasteiger partial charge in [0.2, 0.25) is 0 Å². The minimum Gasteiger partial charge on any atom is -0.458 e. The number of allylic oxidation sites excluding steroid dienone is 1. The van der Waals surface area contributed by atoms with E-state index in [4.69, 9.17) is 18.9 Å². The molecule has 0 spiro atoms. The van der Waals surface area contributed by atoms with Gasteiger partial charge in [0.25, 0.3) is 0 Å². The molecule has 1 aromatic rings. The van der Waals surface area contributed by atoms with Crippen LogP contribution in [0.2, 0.25) is 0 Å². The van der Waals surface area contributed by atoms with Gasteiger partial charge in [0.1, 0.15) is 29.5 Å². The van der Waals surface area contributed by atoms with E-state index in [1.165, 1.54) is 12.2 Å². The summed E-state index contributed by atoms with van der Waals surface area (Å²) in [5.74, 6) is -1.36. The van der Waals surface area contributed by atoms with Crippen molar-refractivity contribution in [1.82, 2.24) is 4.90 Å². The van der Waals surface area contributed by atoms with E-state index in [0.717, 1.165) is 5.56 Å². The summed E-state index contributed by atoms with van der Waals surface area (Å²) in [4.78, 5) is 52.0. The summed E-state index contributed by atoms with van der Waals surface area (Å²) in [6, 6.07) is 7.88. The number of esters is 2. The van der Waals surface area contributed by atoms with E-state index < -0.39 is 47.0 Å². The number of rotatable bonds is 8. The van der Waals surface area contributed by atoms with E-state index in [-0.39, 0.29) is 19.4 Å². The highest BCUT2D eigenvalue weighted by Crippen LogP contribution is 2.22. The molecule has 0 aliphatic rings. The van der Waals surface area contributed by atoms with Crippen molar-refractivity contribution in [3.8, 4) is 0 Å². The summed E-state index contributed by atoms with van der Waals surface area (Å²) in [5.41, 5.74) is -1.89. The summed E-state index contributed by atoms with van der Waals surface area (Å²) in [5, 5.41) is 0. The molecule has 0 radical (unpaired) electrons. The standard InChI is InChI=1S/C28H41NO8/c1-26(2,3)35-23(31)21(17-13-14-18-22(30)34-19-20-15-11-10-12-16-20)29(24(32)36-27(4,5)6)25(33)37-28(7,8)9/h10-12,14-16,18,21H,13,17,19H2,1-9H3. The Morgan fingerprint density at radius 3 is 1.73 bits per heavy atom. The maximum absolute atomic E-state index is 13.1. The minimum atomic E-state index is -1.35. The van der Waals surface area contributed by atoms with Gasteiger partial charge in [0.05, 0.1) is 0 Å². The van der Waals surface area contributed by atoms with Crippen molar-refractivity contribution in [2.75, 3.05) is 0 Å². The summed E-state index contributed by atoms with van der Waals surface area (Å²) < 4.78 is 21.5. The predicted octanol–water partition coefficient (Wildman–Crippen LogP) is 5.95. The number of benzene rings is 1. The van der Waals surface area contributed by atoms with Gasteiger partial charge in [-0.2, -0.15) is 4.90 Å². The zero-order valence-electron chi connectivity index (χ0n) is 23.5. The van der Waals surface area contributed by atoms with Crippen LogP contribution in [0, 0.1) is 0 Å². The van der Waals surface area contributed by atoms with Crippen LogP contribution in [-0.4, -0.2) is 51.9 Å². The molecule has 1 unspecified atom stereocenters. The molecule has 0 aliphatic heterocycles. The smallest absolute Gasteiger partial charge is 0.420 e. The van der Waals surface area contributed by atoms with Gasteiger partial charge in [-0.3, -0.25) is 0 Å². The zero-order valence-corrected chi connectivity index (χ0v) is 23.5. The van der Waals surface area contributed by atoms with E-state index in [1.807, 2.05) is 30.3 Å². The van der Waals surface area contributed by atoms with Crippen LogP contribution in [0.3, 0.4) is 0 Å². The highest BCUT2D eigenvalue weighted by atomic mass is 16.6. The fourth-order valence-corrected chi connectivity index (χ4v) is 2.88. The van der Waals surface area contributed by atoms with Gasteiger partial charge < -0.3 is 18.9 Å². The molecule has 37 heavy (non-hydrogen) atoms. The lowest BCUT2D eigenvalue weighted by Gasteiger charge is -2.33. The number of ether oxygens (including phenoxy) is 4. The van der Waals surface area contributed by atoms with E-state index in [9.17, 15) is 19.2 Å². The largest absolute Gasteiger partial charge is 0.458 e. The van der Waals surface area contributed by atoms with E-state index >= 15 is 0 Å². The summed E-state index contributed by atoms with van der Waals surface area (Å²) >= 11 is 0. The average Bonchev–Trinajstić information content (AvgIpc) is 2.71. The summed E-state index contributed by atoms with van der Waals surface area (Å²) in [7, 11) is 0. The topological polar surface area (TPSA) is 108 Å². The van der Waals surface area contributed by atoms with E-state index in [2.05, 4.69) is 0 Å². The zero-order chi connectivity index (χ0) is 28.4. The van der Waals surface area contributed by atoms with Crippen molar-refractivity contribution in [2.45, 2.75) is 105 Å². The van der Waals surface area contributed by atoms with Gasteiger partial charge >= 0.3 is 24.1 Å². The molecular weight excluding hydrogens is 478 g/mol. The van der Waals surface area contributed by atoms with Crippen molar-refractivity contribution < 1.29 is 38.1 Å². The second kappa shape index (κ2) is 13.3. The number of carbonyl (C=O) groups is 4. The first-order valence-corrected chi connectivity index (χ1v) is 12.2. The van der Waals surface area contributed by atoms with Crippen LogP contribution in [-0.2, 0) is 35.1 Å². The first kappa shape index (κ1) is 31.7. The third kappa shape index (κ3) is 13.5. The van der Waals surface area contributed by atoms with Crippen molar-refractivity contribution in [3.63, 3.8) is 0 Å². The van der Waals surface area contributed by atoms with Crippen molar-refractivity contribution in [3.05, 3.63) is 48.0 Å². The molecule has 1 atom stereocenters. The Hall–Kier alpha value is -3.36. The molecule has 0 saturated heterocycles. The van der Waals surface area contributed by atoms with Crippen LogP contribution < -0.4 is 0 Å². The second-order valence-corrected chi connectivity index (χ2v) is 11.5. The van der Waals surface area contributed by atoms with Gasteiger partial charge in [-0.05, 0) is 80.7 Å². The quantitative estimate of drug-likeness (QED) is 0.236. The molecule has 0 N–H and O–H groups in total. The third-order valence-electron chi connectivity index (χ3n) is 4.26. The number of nitrogens with zero attached hydrogens (tertiary/aromatic N) is 1. The Kier molecular flexibility index (Phi) is 11.4. The first-order valence-electron chi connectivity index (χ1n) is 12.2. The van der Waals surface area contributed by atoms with Gasteiger partial charge in [0.15, 0.2) is 0 Å². The van der Waals surface area contributed by atoms with Crippen molar-refractivity contribution in [2.24, 2.45) is 0 Å². The fourth-order valence-electron chi connectivity index (χ4n) is 2.88. The number of imide groups is 1. The van der Waals surface area contributed by atoms with Crippen LogP contribution in [0.4, 0.5) is 9.59 Å². The Bertz CT molecular complexity index is 921. The van der Waals surface area contributed by atoms with E-state index in [0.29, 0.717) is 4.90 Å². The summed E-state index contributed by atoms with van der Waals surface area (Å²) in [6.45, 7) is 15.0. The number of carbonyl (C=O) groups excluding carboxylic acids is 4. The van der Waals surface area contributed by atoms with Crippen LogP contribution in [0.15, 0.2) is 42.5 Å². The molecule has 0 fully saturated rings. The Morgan fingerprint density at radius 1 is 0.784 bits per heavy atom. The average molecular weight is 520 g/mol. The SMILES string of the molecule is CC(C)(C)OC(=O)C(CCC=CC(=O)OCc1ccccc1)N(C(=O)OC(C)(C)C)C(=O)OC(C)(C)C. The molecule has 1 rings (SSSR count). The molecule has 0 saturated carbocycles. The Labute approximate surface area is 220 Å². The van der Waals surface area contributed by atoms with Gasteiger partial charge in [0, 0.05) is 6.08 Å². The van der Waals surface area contributed by atoms with Crippen LogP contribution in [0.1, 0.15) is 80.7 Å². The molecule has 9 heteroatoms. The lowest BCUT2D eigenvalue weighted by molar-refractivity contribution is -0.161. The van der Waals surface area contributed by atoms with Crippen LogP contribution in [0.5, 0.6) is 0 Å². The molecular formula is C28H41NO8. The minimum absolute atomic E-state index is 0.0319. The lowest BCUT2D eigenvalue weighted by Crippen LogP contribution is -2.53. The second-order valence-electron chi connectivity index (χ2n) is 11.5. The number of amides is 2. The third-order valence-corrected chi connectivity index (χ3v) is 4.26. The molecule has 206 valence electrons. The number of hydrogen-bond donors (Lipinski definition) is 0. The maximum Gasteiger partial charge on any atom is 0.420 e. The highest BCUT2D eigenvalue weighted by molar-refractivity contribution is 5.94. The highest BCUT2D eigenvalue weighted by Gasteiger charge is 2.41. The van der Waals surface area contributed by atoms with Crippen molar-refractivity contribution >= 4 is 24.1 Å². The monoisotopic (exact) mass is 519 g/mol. The normalized spacial score (nSPS) is 13.0. The lowest BCUT2D eigenvalue weighted by atomic mass is 10.1. The Morgan fingerprint density at radius 2 is 1.27 bits per heavy atom. The number of hydrogen-bond acceptors (Lipinski definition) is 8. The van der Waals surface area contributed by atoms with Gasteiger partial charge in [-0.15, -0.1) is 0 Å². The van der Waals surface area contributed by atoms with E-state index in [1.54, 1.807) is 62.3 Å².